The summed E-state index contributed by atoms with van der Waals surface area (Å²) >= 11 is 0. The van der Waals surface area contributed by atoms with E-state index in [1.165, 1.54) is 0 Å². The molecule has 0 atom stereocenters. The number of nitrogens with zero attached hydrogens (tertiary/aromatic N) is 4. The number of hydrogen-bond donors (Lipinski definition) is 6. The molecule has 2 amide bonds. The molecule has 8 N–H and O–H groups in total. The van der Waals surface area contributed by atoms with Gasteiger partial charge in [0.2, 0.25) is 11.8 Å². The Bertz CT molecular complexity index is 1090. The van der Waals surface area contributed by atoms with E-state index < -0.39 is 22.2 Å². The van der Waals surface area contributed by atoms with Gasteiger partial charge in [-0.25, -0.2) is 20.2 Å². The summed E-state index contributed by atoms with van der Waals surface area (Å²) in [7, 11) is 0. The summed E-state index contributed by atoms with van der Waals surface area (Å²) in [6.07, 6.45) is 6.84. The zero-order valence-electron chi connectivity index (χ0n) is 26.0. The molecule has 46 heavy (non-hydrogen) atoms. The van der Waals surface area contributed by atoms with Crippen LogP contribution in [0.3, 0.4) is 0 Å². The molecule has 0 saturated carbocycles. The predicted molar refractivity (Wildman–Crippen MR) is 170 cm³/mol. The summed E-state index contributed by atoms with van der Waals surface area (Å²) in [5.41, 5.74) is 11.5. The highest BCUT2D eigenvalue weighted by atomic mass is 16.7. The van der Waals surface area contributed by atoms with Gasteiger partial charge < -0.3 is 37.5 Å². The molecule has 1 aromatic carbocycles. The Kier molecular flexibility index (Phi) is 20.6. The van der Waals surface area contributed by atoms with Crippen molar-refractivity contribution in [2.24, 2.45) is 21.7 Å². The number of hydrogen-bond acceptors (Lipinski definition) is 8. The molecule has 18 nitrogen and oxygen atoms in total. The summed E-state index contributed by atoms with van der Waals surface area (Å²) in [6.45, 7) is 0.966. The van der Waals surface area contributed by atoms with Gasteiger partial charge in [0, 0.05) is 25.9 Å². The van der Waals surface area contributed by atoms with Gasteiger partial charge in [-0.15, -0.1) is 0 Å². The summed E-state index contributed by atoms with van der Waals surface area (Å²) in [5, 5.41) is 35.4. The lowest BCUT2D eigenvalue weighted by molar-refractivity contribution is -0.485. The van der Waals surface area contributed by atoms with Crippen LogP contribution in [0, 0.1) is 20.2 Å². The normalized spacial score (nSPS) is 12.1. The van der Waals surface area contributed by atoms with Crippen LogP contribution in [0.1, 0.15) is 89.0 Å². The van der Waals surface area contributed by atoms with Gasteiger partial charge in [0.1, 0.15) is 23.0 Å². The second kappa shape index (κ2) is 24.3. The van der Waals surface area contributed by atoms with Crippen molar-refractivity contribution in [3.05, 3.63) is 56.1 Å². The Morgan fingerprint density at radius 3 is 1.61 bits per heavy atom. The van der Waals surface area contributed by atoms with E-state index in [4.69, 9.17) is 16.2 Å². The minimum atomic E-state index is -0.919. The van der Waals surface area contributed by atoms with Crippen molar-refractivity contribution in [1.82, 2.24) is 21.3 Å². The molecule has 0 aromatic heterocycles. The Balaban J connectivity index is 2.40. The van der Waals surface area contributed by atoms with Crippen molar-refractivity contribution in [1.29, 1.82) is 0 Å². The molecule has 0 unspecified atom stereocenters. The van der Waals surface area contributed by atoms with Crippen LogP contribution in [-0.4, -0.2) is 59.0 Å². The summed E-state index contributed by atoms with van der Waals surface area (Å²) in [6, 6.07) is 9.15. The molecule has 0 heterocycles. The van der Waals surface area contributed by atoms with Crippen molar-refractivity contribution in [3.63, 3.8) is 0 Å². The first-order valence-electron chi connectivity index (χ1n) is 15.3. The van der Waals surface area contributed by atoms with Crippen LogP contribution in [0.5, 0.6) is 0 Å². The first-order chi connectivity index (χ1) is 22.0. The number of nitrogens with two attached hydrogens (primary N) is 2. The highest BCUT2D eigenvalue weighted by molar-refractivity contribution is 5.81. The molecule has 0 spiro atoms. The van der Waals surface area contributed by atoms with Crippen LogP contribution in [0.25, 0.3) is 0 Å². The fraction of sp³-hybridized carbons (Fsp3) is 0.607. The Morgan fingerprint density at radius 2 is 1.15 bits per heavy atom. The third kappa shape index (κ3) is 22.5. The van der Waals surface area contributed by atoms with E-state index in [1.807, 2.05) is 30.3 Å². The number of guanidine groups is 2. The zero-order valence-corrected chi connectivity index (χ0v) is 26.0. The van der Waals surface area contributed by atoms with Crippen LogP contribution in [0.15, 0.2) is 40.5 Å². The summed E-state index contributed by atoms with van der Waals surface area (Å²) in [4.78, 5) is 58.3. The Morgan fingerprint density at radius 1 is 0.717 bits per heavy atom. The predicted octanol–water partition coefficient (Wildman–Crippen LogP) is 1.55. The SMILES string of the molecule is NC(=N[N+](=O)[O-])NCCCCCCCC(=O)NC(CC(=O)OCc1ccccc1)NC(=O)CCCCCCCNC(N)=N[N+](=O)[O-]. The molecule has 18 heteroatoms. The van der Waals surface area contributed by atoms with Crippen molar-refractivity contribution in [2.75, 3.05) is 13.1 Å². The fourth-order valence-electron chi connectivity index (χ4n) is 4.20. The number of carbonyl (C=O) groups is 3. The molecule has 1 rings (SSSR count). The molecule has 0 aliphatic heterocycles. The van der Waals surface area contributed by atoms with Crippen molar-refractivity contribution >= 4 is 29.7 Å². The Labute approximate surface area is 267 Å². The van der Waals surface area contributed by atoms with Gasteiger partial charge in [0.15, 0.2) is 10.1 Å². The van der Waals surface area contributed by atoms with Crippen LogP contribution in [0.4, 0.5) is 0 Å². The number of amides is 2. The maximum absolute atomic E-state index is 12.6. The molecule has 0 fully saturated rings. The zero-order chi connectivity index (χ0) is 34.0. The standard InChI is InChI=1S/C28H46N10O8/c29-27(35-37(42)43)31-18-12-5-1-3-10-16-24(39)33-23(20-26(41)46-21-22-14-8-7-9-15-22)34-25(40)17-11-4-2-6-13-19-32-28(30)36-38(44)45/h7-9,14-15,23H,1-6,10-13,16-21H2,(H,33,39)(H,34,40)(H3,29,31,35)(H3,30,32,36). The number of rotatable bonds is 24. The van der Waals surface area contributed by atoms with Crippen molar-refractivity contribution in [3.8, 4) is 0 Å². The number of hydrazone groups is 2. The maximum Gasteiger partial charge on any atom is 0.310 e. The maximum atomic E-state index is 12.6. The minimum Gasteiger partial charge on any atom is -0.461 e. The number of ether oxygens (including phenoxy) is 1. The number of nitro groups is 2. The number of esters is 1. The fourth-order valence-corrected chi connectivity index (χ4v) is 4.20. The summed E-state index contributed by atoms with van der Waals surface area (Å²) in [5.74, 6) is -1.66. The molecule has 1 aromatic rings. The molecular formula is C28H46N10O8. The van der Waals surface area contributed by atoms with E-state index in [9.17, 15) is 34.6 Å². The lowest BCUT2D eigenvalue weighted by Gasteiger charge is -2.20. The van der Waals surface area contributed by atoms with E-state index in [2.05, 4.69) is 31.5 Å². The average molecular weight is 651 g/mol. The first kappa shape index (κ1) is 39.0. The largest absolute Gasteiger partial charge is 0.461 e. The quantitative estimate of drug-likeness (QED) is 0.0177. The molecule has 0 radical (unpaired) electrons. The van der Waals surface area contributed by atoms with Gasteiger partial charge in [0.05, 0.1) is 6.42 Å². The lowest BCUT2D eigenvalue weighted by Crippen LogP contribution is -2.49. The third-order valence-corrected chi connectivity index (χ3v) is 6.44. The highest BCUT2D eigenvalue weighted by Crippen LogP contribution is 2.08. The Hall–Kier alpha value is -5.03. The minimum absolute atomic E-state index is 0.0730. The highest BCUT2D eigenvalue weighted by Gasteiger charge is 2.19. The van der Waals surface area contributed by atoms with Crippen LogP contribution < -0.4 is 32.7 Å². The average Bonchev–Trinajstić information content (AvgIpc) is 2.98. The number of nitrogens with one attached hydrogen (secondary N) is 4. The van der Waals surface area contributed by atoms with Gasteiger partial charge in [0.25, 0.3) is 11.9 Å². The van der Waals surface area contributed by atoms with E-state index in [-0.39, 0.29) is 49.6 Å². The van der Waals surface area contributed by atoms with E-state index in [0.29, 0.717) is 25.9 Å². The molecule has 0 aliphatic carbocycles. The van der Waals surface area contributed by atoms with Gasteiger partial charge in [-0.3, -0.25) is 14.4 Å². The van der Waals surface area contributed by atoms with Crippen molar-refractivity contribution < 1.29 is 29.2 Å². The van der Waals surface area contributed by atoms with E-state index in [1.54, 1.807) is 0 Å². The van der Waals surface area contributed by atoms with Gasteiger partial charge in [-0.2, -0.15) is 0 Å². The smallest absolute Gasteiger partial charge is 0.310 e. The van der Waals surface area contributed by atoms with Crippen molar-refractivity contribution in [2.45, 2.75) is 96.2 Å². The van der Waals surface area contributed by atoms with Crippen LogP contribution in [-0.2, 0) is 25.7 Å². The molecule has 0 bridgehead atoms. The van der Waals surface area contributed by atoms with Crippen LogP contribution in [0.2, 0.25) is 0 Å². The van der Waals surface area contributed by atoms with Gasteiger partial charge in [-0.05, 0) is 31.2 Å². The number of benzene rings is 1. The number of carbonyl (C=O) groups excluding carboxylic acids is 3. The van der Waals surface area contributed by atoms with Gasteiger partial charge >= 0.3 is 5.97 Å². The van der Waals surface area contributed by atoms with E-state index >= 15 is 0 Å². The first-order valence-corrected chi connectivity index (χ1v) is 15.3. The molecule has 256 valence electrons. The topological polar surface area (TPSA) is 272 Å². The third-order valence-electron chi connectivity index (χ3n) is 6.44. The lowest BCUT2D eigenvalue weighted by atomic mass is 10.1. The summed E-state index contributed by atoms with van der Waals surface area (Å²) < 4.78 is 5.33. The second-order valence-corrected chi connectivity index (χ2v) is 10.4. The molecule has 0 aliphatic rings. The number of unbranched alkanes of at least 4 members (excludes halogenated alkanes) is 8. The van der Waals surface area contributed by atoms with Crippen LogP contribution >= 0.6 is 0 Å². The molecular weight excluding hydrogens is 604 g/mol. The van der Waals surface area contributed by atoms with E-state index in [0.717, 1.165) is 56.9 Å². The monoisotopic (exact) mass is 650 g/mol. The second-order valence-electron chi connectivity index (χ2n) is 10.4. The molecule has 0 saturated heterocycles. The van der Waals surface area contributed by atoms with Gasteiger partial charge in [-0.1, -0.05) is 68.9 Å².